The Bertz CT molecular complexity index is 1520. The zero-order valence-electron chi connectivity index (χ0n) is 20.7. The number of benzene rings is 3. The first kappa shape index (κ1) is 25.6. The molecular formula is C28H25Cl2N5O3. The van der Waals surface area contributed by atoms with Crippen LogP contribution in [0.15, 0.2) is 84.3 Å². The van der Waals surface area contributed by atoms with Gasteiger partial charge in [0.15, 0.2) is 0 Å². The minimum absolute atomic E-state index is 0.261. The number of carbonyl (C=O) groups is 1. The van der Waals surface area contributed by atoms with Gasteiger partial charge in [0.2, 0.25) is 5.95 Å². The topological polar surface area (TPSA) is 90.3 Å². The van der Waals surface area contributed by atoms with Crippen LogP contribution >= 0.6 is 23.2 Å². The van der Waals surface area contributed by atoms with Crippen LogP contribution in [0.3, 0.4) is 0 Å². The molecule has 38 heavy (non-hydrogen) atoms. The smallest absolute Gasteiger partial charge is 0.255 e. The molecule has 0 aliphatic carbocycles. The van der Waals surface area contributed by atoms with E-state index in [0.29, 0.717) is 51.1 Å². The molecule has 0 saturated carbocycles. The van der Waals surface area contributed by atoms with Gasteiger partial charge in [-0.15, -0.1) is 0 Å². The number of halogens is 2. The van der Waals surface area contributed by atoms with Crippen molar-refractivity contribution >= 4 is 40.7 Å². The lowest BCUT2D eigenvalue weighted by molar-refractivity contribution is -0.113. The van der Waals surface area contributed by atoms with Crippen LogP contribution in [0, 0.1) is 0 Å². The van der Waals surface area contributed by atoms with E-state index in [0.717, 1.165) is 11.1 Å². The average molecular weight is 550 g/mol. The fourth-order valence-electron chi connectivity index (χ4n) is 4.31. The molecule has 1 unspecified atom stereocenters. The number of rotatable bonds is 8. The van der Waals surface area contributed by atoms with E-state index >= 15 is 0 Å². The van der Waals surface area contributed by atoms with Gasteiger partial charge < -0.3 is 20.1 Å². The van der Waals surface area contributed by atoms with Crippen LogP contribution in [-0.2, 0) is 11.4 Å². The molecule has 1 amide bonds. The fourth-order valence-corrected chi connectivity index (χ4v) is 4.77. The van der Waals surface area contributed by atoms with Crippen LogP contribution in [0.1, 0.15) is 31.0 Å². The van der Waals surface area contributed by atoms with Crippen molar-refractivity contribution in [2.45, 2.75) is 26.5 Å². The van der Waals surface area contributed by atoms with E-state index in [-0.39, 0.29) is 12.5 Å². The molecule has 0 saturated heterocycles. The highest BCUT2D eigenvalue weighted by atomic mass is 35.5. The van der Waals surface area contributed by atoms with Gasteiger partial charge in [-0.2, -0.15) is 10.1 Å². The summed E-state index contributed by atoms with van der Waals surface area (Å²) in [4.78, 5) is 18.0. The summed E-state index contributed by atoms with van der Waals surface area (Å²) < 4.78 is 13.4. The number of aromatic nitrogens is 3. The SMILES string of the molecule is CCOc1ccccc1NC(=O)C1=C(C)Nc2ncnn2C1c1cccc(OCc2ccc(Cl)cc2Cl)c1. The van der Waals surface area contributed by atoms with Crippen molar-refractivity contribution in [1.82, 2.24) is 14.8 Å². The van der Waals surface area contributed by atoms with E-state index in [2.05, 4.69) is 20.7 Å². The maximum absolute atomic E-state index is 13.7. The standard InChI is InChI=1S/C28H25Cl2N5O3/c1-3-37-24-10-5-4-9-23(24)34-27(36)25-17(2)33-28-31-16-32-35(28)26(25)18-7-6-8-21(13-18)38-15-19-11-12-20(29)14-22(19)30/h4-14,16,26H,3,15H2,1-2H3,(H,34,36)(H,31,32,33). The quantitative estimate of drug-likeness (QED) is 0.261. The Morgan fingerprint density at radius 2 is 1.92 bits per heavy atom. The maximum Gasteiger partial charge on any atom is 0.255 e. The Morgan fingerprint density at radius 3 is 2.74 bits per heavy atom. The summed E-state index contributed by atoms with van der Waals surface area (Å²) >= 11 is 12.3. The van der Waals surface area contributed by atoms with Crippen LogP contribution in [-0.4, -0.2) is 27.3 Å². The van der Waals surface area contributed by atoms with Gasteiger partial charge in [0.05, 0.1) is 17.9 Å². The van der Waals surface area contributed by atoms with Crippen molar-refractivity contribution in [3.05, 3.63) is 105 Å². The van der Waals surface area contributed by atoms with Gasteiger partial charge in [0.1, 0.15) is 30.5 Å². The van der Waals surface area contributed by atoms with E-state index in [1.165, 1.54) is 6.33 Å². The molecule has 1 aliphatic rings. The molecule has 0 bridgehead atoms. The van der Waals surface area contributed by atoms with Gasteiger partial charge >= 0.3 is 0 Å². The Morgan fingerprint density at radius 1 is 1.08 bits per heavy atom. The minimum atomic E-state index is -0.546. The number of hydrogen-bond acceptors (Lipinski definition) is 6. The first-order valence-electron chi connectivity index (χ1n) is 12.0. The summed E-state index contributed by atoms with van der Waals surface area (Å²) in [6, 6.07) is 19.6. The third-order valence-electron chi connectivity index (χ3n) is 6.06. The number of allylic oxidation sites excluding steroid dienone is 1. The second-order valence-electron chi connectivity index (χ2n) is 8.57. The van der Waals surface area contributed by atoms with Crippen molar-refractivity contribution in [3.63, 3.8) is 0 Å². The molecular weight excluding hydrogens is 525 g/mol. The third-order valence-corrected chi connectivity index (χ3v) is 6.64. The van der Waals surface area contributed by atoms with E-state index in [1.807, 2.05) is 62.4 Å². The molecule has 4 aromatic rings. The summed E-state index contributed by atoms with van der Waals surface area (Å²) in [7, 11) is 0. The number of anilines is 2. The summed E-state index contributed by atoms with van der Waals surface area (Å²) in [5.74, 6) is 1.47. The number of carbonyl (C=O) groups excluding carboxylic acids is 1. The van der Waals surface area contributed by atoms with Gasteiger partial charge in [0.25, 0.3) is 5.91 Å². The predicted molar refractivity (Wildman–Crippen MR) is 148 cm³/mol. The molecule has 1 aliphatic heterocycles. The first-order valence-corrected chi connectivity index (χ1v) is 12.8. The zero-order chi connectivity index (χ0) is 26.6. The van der Waals surface area contributed by atoms with Crippen molar-refractivity contribution in [1.29, 1.82) is 0 Å². The van der Waals surface area contributed by atoms with Gasteiger partial charge in [0, 0.05) is 21.3 Å². The Hall–Kier alpha value is -4.01. The van der Waals surface area contributed by atoms with Crippen LogP contribution in [0.25, 0.3) is 0 Å². The Labute approximate surface area is 230 Å². The monoisotopic (exact) mass is 549 g/mol. The largest absolute Gasteiger partial charge is 0.492 e. The number of ether oxygens (including phenoxy) is 2. The minimum Gasteiger partial charge on any atom is -0.492 e. The number of amides is 1. The maximum atomic E-state index is 13.7. The summed E-state index contributed by atoms with van der Waals surface area (Å²) in [6.45, 7) is 4.48. The lowest BCUT2D eigenvalue weighted by Crippen LogP contribution is -2.31. The van der Waals surface area contributed by atoms with Crippen LogP contribution in [0.4, 0.5) is 11.6 Å². The van der Waals surface area contributed by atoms with Gasteiger partial charge in [-0.3, -0.25) is 4.79 Å². The van der Waals surface area contributed by atoms with E-state index < -0.39 is 6.04 Å². The molecule has 3 aromatic carbocycles. The molecule has 2 heterocycles. The number of nitrogens with one attached hydrogen (secondary N) is 2. The van der Waals surface area contributed by atoms with Gasteiger partial charge in [-0.25, -0.2) is 4.68 Å². The average Bonchev–Trinajstić information content (AvgIpc) is 3.37. The number of fused-ring (bicyclic) bond motifs is 1. The highest BCUT2D eigenvalue weighted by molar-refractivity contribution is 6.35. The molecule has 8 nitrogen and oxygen atoms in total. The van der Waals surface area contributed by atoms with Crippen LogP contribution < -0.4 is 20.1 Å². The van der Waals surface area contributed by atoms with Crippen molar-refractivity contribution < 1.29 is 14.3 Å². The number of hydrogen-bond donors (Lipinski definition) is 2. The van der Waals surface area contributed by atoms with E-state index in [1.54, 1.807) is 22.9 Å². The Balaban J connectivity index is 1.46. The molecule has 194 valence electrons. The molecule has 1 atom stereocenters. The summed E-state index contributed by atoms with van der Waals surface area (Å²) in [6.07, 6.45) is 1.46. The van der Waals surface area contributed by atoms with Gasteiger partial charge in [-0.1, -0.05) is 53.5 Å². The fraction of sp³-hybridized carbons (Fsp3) is 0.179. The van der Waals surface area contributed by atoms with Crippen LogP contribution in [0.2, 0.25) is 10.0 Å². The first-order chi connectivity index (χ1) is 18.4. The zero-order valence-corrected chi connectivity index (χ0v) is 22.3. The van der Waals surface area contributed by atoms with Crippen LogP contribution in [0.5, 0.6) is 11.5 Å². The van der Waals surface area contributed by atoms with E-state index in [4.69, 9.17) is 32.7 Å². The molecule has 0 spiro atoms. The number of para-hydroxylation sites is 2. The normalized spacial score (nSPS) is 14.5. The molecule has 1 aromatic heterocycles. The third kappa shape index (κ3) is 5.32. The highest BCUT2D eigenvalue weighted by Crippen LogP contribution is 2.37. The summed E-state index contributed by atoms with van der Waals surface area (Å²) in [5, 5.41) is 11.7. The lowest BCUT2D eigenvalue weighted by atomic mass is 9.94. The summed E-state index contributed by atoms with van der Waals surface area (Å²) in [5.41, 5.74) is 3.36. The molecule has 5 rings (SSSR count). The second kappa shape index (κ2) is 11.2. The highest BCUT2D eigenvalue weighted by Gasteiger charge is 2.34. The lowest BCUT2D eigenvalue weighted by Gasteiger charge is -2.29. The number of nitrogens with zero attached hydrogens (tertiary/aromatic N) is 3. The van der Waals surface area contributed by atoms with E-state index in [9.17, 15) is 4.79 Å². The molecule has 0 radical (unpaired) electrons. The van der Waals surface area contributed by atoms with Crippen molar-refractivity contribution in [3.8, 4) is 11.5 Å². The van der Waals surface area contributed by atoms with Crippen molar-refractivity contribution in [2.75, 3.05) is 17.2 Å². The second-order valence-corrected chi connectivity index (χ2v) is 9.42. The predicted octanol–water partition coefficient (Wildman–Crippen LogP) is 6.49. The van der Waals surface area contributed by atoms with Gasteiger partial charge in [-0.05, 0) is 55.8 Å². The molecule has 0 fully saturated rings. The molecule has 10 heteroatoms. The van der Waals surface area contributed by atoms with Crippen molar-refractivity contribution in [2.24, 2.45) is 0 Å². The Kier molecular flexibility index (Phi) is 7.53. The molecule has 2 N–H and O–H groups in total.